The summed E-state index contributed by atoms with van der Waals surface area (Å²) >= 11 is 0. The number of amides is 2. The molecule has 0 bridgehead atoms. The molecule has 2 N–H and O–H groups in total. The third kappa shape index (κ3) is 3.46. The SMILES string of the molecule is CCn1ncc(NC(=O)c2cc(C)n(C)n2)c1C(=O)Nc1cnn(C)c1C. The Kier molecular flexibility index (Phi) is 4.80. The van der Waals surface area contributed by atoms with Gasteiger partial charge in [0, 0.05) is 26.3 Å². The van der Waals surface area contributed by atoms with Crippen LogP contribution in [-0.4, -0.2) is 41.2 Å². The highest BCUT2D eigenvalue weighted by Gasteiger charge is 2.22. The Labute approximate surface area is 156 Å². The summed E-state index contributed by atoms with van der Waals surface area (Å²) in [6, 6.07) is 1.68. The molecule has 0 spiro atoms. The van der Waals surface area contributed by atoms with Crippen LogP contribution in [0, 0.1) is 13.8 Å². The van der Waals surface area contributed by atoms with Crippen molar-refractivity contribution in [1.82, 2.24) is 29.3 Å². The molecule has 0 fully saturated rings. The topological polar surface area (TPSA) is 112 Å². The summed E-state index contributed by atoms with van der Waals surface area (Å²) in [5.41, 5.74) is 3.14. The fourth-order valence-corrected chi connectivity index (χ4v) is 2.62. The van der Waals surface area contributed by atoms with Crippen LogP contribution in [0.1, 0.15) is 39.3 Å². The van der Waals surface area contributed by atoms with Gasteiger partial charge in [-0.25, -0.2) is 0 Å². The molecule has 0 aliphatic rings. The summed E-state index contributed by atoms with van der Waals surface area (Å²) in [4.78, 5) is 25.3. The molecule has 0 aliphatic heterocycles. The van der Waals surface area contributed by atoms with Gasteiger partial charge in [0.15, 0.2) is 5.69 Å². The number of rotatable bonds is 5. The molecule has 0 unspecified atom stereocenters. The highest BCUT2D eigenvalue weighted by molar-refractivity contribution is 6.11. The molecule has 0 saturated heterocycles. The van der Waals surface area contributed by atoms with Crippen LogP contribution in [0.25, 0.3) is 0 Å². The number of carbonyl (C=O) groups excluding carboxylic acids is 2. The quantitative estimate of drug-likeness (QED) is 0.707. The summed E-state index contributed by atoms with van der Waals surface area (Å²) in [5, 5.41) is 18.0. The Balaban J connectivity index is 1.87. The summed E-state index contributed by atoms with van der Waals surface area (Å²) in [5.74, 6) is -0.779. The minimum Gasteiger partial charge on any atom is -0.318 e. The Hall–Kier alpha value is -3.43. The zero-order chi connectivity index (χ0) is 19.7. The zero-order valence-corrected chi connectivity index (χ0v) is 15.9. The Morgan fingerprint density at radius 1 is 1.00 bits per heavy atom. The maximum absolute atomic E-state index is 12.8. The van der Waals surface area contributed by atoms with E-state index in [2.05, 4.69) is 25.9 Å². The molecule has 10 heteroatoms. The highest BCUT2D eigenvalue weighted by Crippen LogP contribution is 2.20. The number of hydrogen-bond donors (Lipinski definition) is 2. The van der Waals surface area contributed by atoms with Gasteiger partial charge in [-0.3, -0.25) is 23.6 Å². The number of anilines is 2. The van der Waals surface area contributed by atoms with Crippen LogP contribution in [0.4, 0.5) is 11.4 Å². The molecule has 3 rings (SSSR count). The van der Waals surface area contributed by atoms with Gasteiger partial charge in [-0.05, 0) is 26.8 Å². The van der Waals surface area contributed by atoms with Gasteiger partial charge >= 0.3 is 0 Å². The zero-order valence-electron chi connectivity index (χ0n) is 15.9. The average molecular weight is 370 g/mol. The largest absolute Gasteiger partial charge is 0.318 e. The Morgan fingerprint density at radius 3 is 2.22 bits per heavy atom. The Bertz CT molecular complexity index is 991. The van der Waals surface area contributed by atoms with Crippen molar-refractivity contribution >= 4 is 23.2 Å². The summed E-state index contributed by atoms with van der Waals surface area (Å²) in [7, 11) is 3.55. The van der Waals surface area contributed by atoms with Crippen molar-refractivity contribution in [2.75, 3.05) is 10.6 Å². The van der Waals surface area contributed by atoms with E-state index in [0.717, 1.165) is 11.4 Å². The van der Waals surface area contributed by atoms with Crippen LogP contribution in [0.15, 0.2) is 18.5 Å². The molecule has 3 aromatic heterocycles. The van der Waals surface area contributed by atoms with Gasteiger partial charge in [0.1, 0.15) is 5.69 Å². The van der Waals surface area contributed by atoms with Crippen molar-refractivity contribution in [2.45, 2.75) is 27.3 Å². The second-order valence-corrected chi connectivity index (χ2v) is 6.19. The van der Waals surface area contributed by atoms with E-state index in [1.54, 1.807) is 35.7 Å². The standard InChI is InChI=1S/C17H22N8O2/c1-6-25-15(17(27)20-13-8-18-24(5)11(13)3)14(9-19-25)21-16(26)12-7-10(2)23(4)22-12/h7-9H,6H2,1-5H3,(H,20,27)(H,21,26). The van der Waals surface area contributed by atoms with Crippen LogP contribution in [0.2, 0.25) is 0 Å². The maximum atomic E-state index is 12.8. The van der Waals surface area contributed by atoms with Gasteiger partial charge in [0.05, 0.1) is 29.5 Å². The number of carbonyl (C=O) groups is 2. The number of aromatic nitrogens is 6. The molecular weight excluding hydrogens is 348 g/mol. The third-order valence-electron chi connectivity index (χ3n) is 4.43. The molecule has 0 atom stereocenters. The van der Waals surface area contributed by atoms with Crippen LogP contribution in [-0.2, 0) is 20.6 Å². The lowest BCUT2D eigenvalue weighted by Crippen LogP contribution is -2.21. The molecule has 142 valence electrons. The fourth-order valence-electron chi connectivity index (χ4n) is 2.62. The normalized spacial score (nSPS) is 10.9. The average Bonchev–Trinajstić information content (AvgIpc) is 3.29. The smallest absolute Gasteiger partial charge is 0.276 e. The van der Waals surface area contributed by atoms with Crippen molar-refractivity contribution in [3.8, 4) is 0 Å². The number of nitrogens with zero attached hydrogens (tertiary/aromatic N) is 6. The van der Waals surface area contributed by atoms with Gasteiger partial charge in [0.25, 0.3) is 11.8 Å². The van der Waals surface area contributed by atoms with Gasteiger partial charge in [-0.15, -0.1) is 0 Å². The first-order chi connectivity index (χ1) is 12.8. The summed E-state index contributed by atoms with van der Waals surface area (Å²) < 4.78 is 4.81. The number of hydrogen-bond acceptors (Lipinski definition) is 5. The molecule has 0 saturated carbocycles. The minimum atomic E-state index is -0.402. The van der Waals surface area contributed by atoms with E-state index in [9.17, 15) is 9.59 Å². The van der Waals surface area contributed by atoms with E-state index in [-0.39, 0.29) is 17.3 Å². The summed E-state index contributed by atoms with van der Waals surface area (Å²) in [6.07, 6.45) is 3.04. The lowest BCUT2D eigenvalue weighted by molar-refractivity contribution is 0.101. The van der Waals surface area contributed by atoms with E-state index >= 15 is 0 Å². The molecule has 3 aromatic rings. The second kappa shape index (κ2) is 7.06. The highest BCUT2D eigenvalue weighted by atomic mass is 16.2. The van der Waals surface area contributed by atoms with Crippen LogP contribution in [0.3, 0.4) is 0 Å². The monoisotopic (exact) mass is 370 g/mol. The van der Waals surface area contributed by atoms with Gasteiger partial charge in [0.2, 0.25) is 0 Å². The van der Waals surface area contributed by atoms with E-state index in [1.807, 2.05) is 20.8 Å². The molecule has 27 heavy (non-hydrogen) atoms. The molecule has 0 aromatic carbocycles. The van der Waals surface area contributed by atoms with E-state index in [4.69, 9.17) is 0 Å². The van der Waals surface area contributed by atoms with Crippen molar-refractivity contribution in [2.24, 2.45) is 14.1 Å². The lowest BCUT2D eigenvalue weighted by Gasteiger charge is -2.09. The van der Waals surface area contributed by atoms with Crippen molar-refractivity contribution in [3.05, 3.63) is 41.2 Å². The third-order valence-corrected chi connectivity index (χ3v) is 4.43. The van der Waals surface area contributed by atoms with Crippen molar-refractivity contribution in [1.29, 1.82) is 0 Å². The van der Waals surface area contributed by atoms with Crippen LogP contribution in [0.5, 0.6) is 0 Å². The molecular formula is C17H22N8O2. The van der Waals surface area contributed by atoms with Crippen LogP contribution >= 0.6 is 0 Å². The first kappa shape index (κ1) is 18.4. The lowest BCUT2D eigenvalue weighted by atomic mass is 10.3. The van der Waals surface area contributed by atoms with Crippen molar-refractivity contribution < 1.29 is 9.59 Å². The van der Waals surface area contributed by atoms with Crippen LogP contribution < -0.4 is 10.6 Å². The minimum absolute atomic E-state index is 0.266. The summed E-state index contributed by atoms with van der Waals surface area (Å²) in [6.45, 7) is 6.06. The van der Waals surface area contributed by atoms with Gasteiger partial charge in [-0.1, -0.05) is 0 Å². The maximum Gasteiger partial charge on any atom is 0.276 e. The fraction of sp³-hybridized carbons (Fsp3) is 0.353. The van der Waals surface area contributed by atoms with E-state index < -0.39 is 5.91 Å². The van der Waals surface area contributed by atoms with Crippen molar-refractivity contribution in [3.63, 3.8) is 0 Å². The first-order valence-electron chi connectivity index (χ1n) is 8.49. The molecule has 0 radical (unpaired) electrons. The number of aryl methyl sites for hydroxylation is 4. The molecule has 0 aliphatic carbocycles. The first-order valence-corrected chi connectivity index (χ1v) is 8.49. The molecule has 2 amide bonds. The predicted octanol–water partition coefficient (Wildman–Crippen LogP) is 1.49. The number of nitrogens with one attached hydrogen (secondary N) is 2. The second-order valence-electron chi connectivity index (χ2n) is 6.19. The van der Waals surface area contributed by atoms with Gasteiger partial charge < -0.3 is 10.6 Å². The van der Waals surface area contributed by atoms with E-state index in [1.165, 1.54) is 10.9 Å². The van der Waals surface area contributed by atoms with Gasteiger partial charge in [-0.2, -0.15) is 15.3 Å². The molecule has 3 heterocycles. The molecule has 10 nitrogen and oxygen atoms in total. The Morgan fingerprint density at radius 2 is 1.67 bits per heavy atom. The van der Waals surface area contributed by atoms with E-state index in [0.29, 0.717) is 17.9 Å². The predicted molar refractivity (Wildman–Crippen MR) is 99.7 cm³/mol.